The van der Waals surface area contributed by atoms with Crippen molar-refractivity contribution in [2.45, 2.75) is 45.8 Å². The van der Waals surface area contributed by atoms with Gasteiger partial charge in [0.15, 0.2) is 5.82 Å². The summed E-state index contributed by atoms with van der Waals surface area (Å²) < 4.78 is 10.8. The van der Waals surface area contributed by atoms with Crippen LogP contribution in [0.25, 0.3) is 10.8 Å². The van der Waals surface area contributed by atoms with Crippen LogP contribution in [0.2, 0.25) is 0 Å². The van der Waals surface area contributed by atoms with Crippen LogP contribution in [0.5, 0.6) is 0 Å². The van der Waals surface area contributed by atoms with Gasteiger partial charge in [-0.15, -0.1) is 0 Å². The number of nitrogens with zero attached hydrogens (tertiary/aromatic N) is 2. The van der Waals surface area contributed by atoms with Gasteiger partial charge in [-0.1, -0.05) is 24.3 Å². The molecule has 0 radical (unpaired) electrons. The molecule has 140 valence electrons. The Labute approximate surface area is 153 Å². The lowest BCUT2D eigenvalue weighted by atomic mass is 10.1. The fourth-order valence-corrected chi connectivity index (χ4v) is 2.16. The zero-order chi connectivity index (χ0) is 19.5. The Hall–Kier alpha value is -2.67. The molecule has 0 bridgehead atoms. The van der Waals surface area contributed by atoms with Crippen molar-refractivity contribution in [2.24, 2.45) is 5.73 Å². The summed E-state index contributed by atoms with van der Waals surface area (Å²) in [5.41, 5.74) is 3.90. The number of amides is 2. The molecule has 7 nitrogen and oxygen atoms in total. The lowest BCUT2D eigenvalue weighted by Crippen LogP contribution is -2.46. The van der Waals surface area contributed by atoms with Crippen LogP contribution in [0.15, 0.2) is 36.5 Å². The van der Waals surface area contributed by atoms with Crippen molar-refractivity contribution in [1.29, 1.82) is 0 Å². The number of anilines is 1. The zero-order valence-electron chi connectivity index (χ0n) is 15.8. The van der Waals surface area contributed by atoms with E-state index in [2.05, 4.69) is 4.98 Å². The third kappa shape index (κ3) is 4.70. The molecule has 1 aromatic carbocycles. The third-order valence-electron chi connectivity index (χ3n) is 3.48. The van der Waals surface area contributed by atoms with Gasteiger partial charge in [0.1, 0.15) is 11.2 Å². The number of carbonyl (C=O) groups is 2. The van der Waals surface area contributed by atoms with Gasteiger partial charge in [0.2, 0.25) is 0 Å². The highest BCUT2D eigenvalue weighted by Crippen LogP contribution is 2.27. The number of benzene rings is 1. The van der Waals surface area contributed by atoms with Crippen molar-refractivity contribution >= 4 is 28.8 Å². The number of ether oxygens (including phenoxy) is 2. The van der Waals surface area contributed by atoms with Crippen LogP contribution in [0, 0.1) is 0 Å². The van der Waals surface area contributed by atoms with Gasteiger partial charge in [-0.25, -0.2) is 14.6 Å². The Morgan fingerprint density at radius 3 is 2.27 bits per heavy atom. The molecule has 2 amide bonds. The highest BCUT2D eigenvalue weighted by Gasteiger charge is 2.35. The minimum absolute atomic E-state index is 0.101. The highest BCUT2D eigenvalue weighted by atomic mass is 16.6. The molecule has 2 N–H and O–H groups in total. The van der Waals surface area contributed by atoms with Crippen LogP contribution in [-0.4, -0.2) is 34.9 Å². The van der Waals surface area contributed by atoms with Crippen molar-refractivity contribution in [1.82, 2.24) is 4.98 Å². The minimum Gasteiger partial charge on any atom is -0.443 e. The number of nitrogens with two attached hydrogens (primary N) is 1. The Balaban J connectivity index is 2.52. The van der Waals surface area contributed by atoms with E-state index in [0.29, 0.717) is 5.39 Å². The van der Waals surface area contributed by atoms with E-state index in [1.807, 2.05) is 12.1 Å². The summed E-state index contributed by atoms with van der Waals surface area (Å²) in [6.45, 7) is 8.57. The summed E-state index contributed by atoms with van der Waals surface area (Å²) >= 11 is 0. The number of pyridine rings is 1. The average Bonchev–Trinajstić information content (AvgIpc) is 2.53. The van der Waals surface area contributed by atoms with E-state index >= 15 is 0 Å². The van der Waals surface area contributed by atoms with Gasteiger partial charge in [-0.2, -0.15) is 4.90 Å². The summed E-state index contributed by atoms with van der Waals surface area (Å²) in [4.78, 5) is 30.6. The van der Waals surface area contributed by atoms with Crippen molar-refractivity contribution in [2.75, 3.05) is 11.4 Å². The lowest BCUT2D eigenvalue weighted by molar-refractivity contribution is 0.0389. The highest BCUT2D eigenvalue weighted by molar-refractivity contribution is 6.13. The van der Waals surface area contributed by atoms with Crippen molar-refractivity contribution in [3.63, 3.8) is 0 Å². The van der Waals surface area contributed by atoms with Crippen molar-refractivity contribution in [3.8, 4) is 0 Å². The number of hydrogen-bond acceptors (Lipinski definition) is 6. The van der Waals surface area contributed by atoms with Crippen molar-refractivity contribution < 1.29 is 19.1 Å². The molecular formula is C19H25N3O4. The summed E-state index contributed by atoms with van der Waals surface area (Å²) in [6, 6.07) is 9.09. The largest absolute Gasteiger partial charge is 0.443 e. The first-order valence-electron chi connectivity index (χ1n) is 8.34. The molecule has 0 saturated heterocycles. The summed E-state index contributed by atoms with van der Waals surface area (Å²) in [6.07, 6.45) is -0.228. The van der Waals surface area contributed by atoms with Crippen molar-refractivity contribution in [3.05, 3.63) is 36.5 Å². The topological polar surface area (TPSA) is 94.8 Å². The first kappa shape index (κ1) is 19.7. The van der Waals surface area contributed by atoms with Crippen LogP contribution in [0.3, 0.4) is 0 Å². The monoisotopic (exact) mass is 359 g/mol. The molecular weight excluding hydrogens is 334 g/mol. The first-order valence-corrected chi connectivity index (χ1v) is 8.34. The fourth-order valence-electron chi connectivity index (χ4n) is 2.16. The molecule has 7 heteroatoms. The van der Waals surface area contributed by atoms with Gasteiger partial charge in [0.05, 0.1) is 0 Å². The maximum Gasteiger partial charge on any atom is 0.425 e. The minimum atomic E-state index is -0.943. The number of aromatic nitrogens is 1. The first-order chi connectivity index (χ1) is 12.0. The number of rotatable bonds is 3. The molecule has 0 unspecified atom stereocenters. The Kier molecular flexibility index (Phi) is 5.51. The van der Waals surface area contributed by atoms with Gasteiger partial charge in [-0.05, 0) is 46.1 Å². The summed E-state index contributed by atoms with van der Waals surface area (Å²) in [5.74, 6) is 0.148. The zero-order valence-corrected chi connectivity index (χ0v) is 15.8. The van der Waals surface area contributed by atoms with Gasteiger partial charge in [0, 0.05) is 18.1 Å². The van der Waals surface area contributed by atoms with E-state index in [9.17, 15) is 9.59 Å². The Morgan fingerprint density at radius 2 is 1.65 bits per heavy atom. The van der Waals surface area contributed by atoms with Crippen LogP contribution < -0.4 is 10.6 Å². The lowest BCUT2D eigenvalue weighted by Gasteiger charge is -2.29. The molecule has 0 fully saturated rings. The Bertz CT molecular complexity index is 807. The molecule has 0 atom stereocenters. The Morgan fingerprint density at radius 1 is 1.04 bits per heavy atom. The average molecular weight is 359 g/mol. The van der Waals surface area contributed by atoms with Gasteiger partial charge in [0.25, 0.3) is 0 Å². The SMILES string of the molecule is CC(C)(C)OC(=O)N(C(=O)OC(C)(C)CN)c1nccc2ccccc12. The molecule has 2 rings (SSSR count). The standard InChI is InChI=1S/C19H25N3O4/c1-18(2,3)25-16(23)22(17(24)26-19(4,5)12-20)15-14-9-7-6-8-13(14)10-11-21-15/h6-11H,12,20H2,1-5H3. The summed E-state index contributed by atoms with van der Waals surface area (Å²) in [7, 11) is 0. The molecule has 0 spiro atoms. The molecule has 1 aromatic heterocycles. The smallest absolute Gasteiger partial charge is 0.425 e. The van der Waals surface area contributed by atoms with Gasteiger partial charge >= 0.3 is 12.2 Å². The van der Waals surface area contributed by atoms with E-state index in [0.717, 1.165) is 10.3 Å². The van der Waals surface area contributed by atoms with Crippen LogP contribution in [0.1, 0.15) is 34.6 Å². The summed E-state index contributed by atoms with van der Waals surface area (Å²) in [5, 5.41) is 1.46. The van der Waals surface area contributed by atoms with E-state index < -0.39 is 23.4 Å². The number of fused-ring (bicyclic) bond motifs is 1. The molecule has 26 heavy (non-hydrogen) atoms. The predicted octanol–water partition coefficient (Wildman–Crippen LogP) is 3.85. The molecule has 0 aliphatic carbocycles. The normalized spacial score (nSPS) is 11.9. The second-order valence-electron chi connectivity index (χ2n) is 7.50. The molecule has 1 heterocycles. The maximum atomic E-state index is 12.8. The van der Waals surface area contributed by atoms with Crippen LogP contribution in [0.4, 0.5) is 15.4 Å². The number of carbonyl (C=O) groups excluding carboxylic acids is 2. The molecule has 0 aliphatic heterocycles. The van der Waals surface area contributed by atoms with E-state index in [1.165, 1.54) is 6.20 Å². The molecule has 2 aromatic rings. The van der Waals surface area contributed by atoms with Gasteiger partial charge < -0.3 is 15.2 Å². The fraction of sp³-hybridized carbons (Fsp3) is 0.421. The quantitative estimate of drug-likeness (QED) is 0.894. The maximum absolute atomic E-state index is 12.8. The number of imide groups is 1. The van der Waals surface area contributed by atoms with E-state index in [4.69, 9.17) is 15.2 Å². The van der Waals surface area contributed by atoms with Gasteiger partial charge in [-0.3, -0.25) is 0 Å². The van der Waals surface area contributed by atoms with Crippen LogP contribution in [-0.2, 0) is 9.47 Å². The predicted molar refractivity (Wildman–Crippen MR) is 100 cm³/mol. The second kappa shape index (κ2) is 7.29. The molecule has 0 aliphatic rings. The second-order valence-corrected chi connectivity index (χ2v) is 7.50. The van der Waals surface area contributed by atoms with Crippen LogP contribution >= 0.6 is 0 Å². The van der Waals surface area contributed by atoms with E-state index in [-0.39, 0.29) is 12.4 Å². The third-order valence-corrected chi connectivity index (χ3v) is 3.48. The molecule has 0 saturated carbocycles. The number of hydrogen-bond donors (Lipinski definition) is 1. The van der Waals surface area contributed by atoms with E-state index in [1.54, 1.807) is 52.8 Å².